The highest BCUT2D eigenvalue weighted by Crippen LogP contribution is 2.06. The average molecular weight is 275 g/mol. The Balaban J connectivity index is 1.85. The third-order valence-electron chi connectivity index (χ3n) is 2.48. The van der Waals surface area contributed by atoms with Crippen molar-refractivity contribution >= 4 is 11.8 Å². The molecule has 2 aromatic rings. The van der Waals surface area contributed by atoms with E-state index in [0.29, 0.717) is 6.54 Å². The molecule has 0 aliphatic carbocycles. The Bertz CT molecular complexity index is 497. The van der Waals surface area contributed by atoms with Crippen LogP contribution >= 0.6 is 11.8 Å². The molecule has 1 heterocycles. The van der Waals surface area contributed by atoms with Gasteiger partial charge in [0.2, 0.25) is 0 Å². The van der Waals surface area contributed by atoms with Crippen LogP contribution in [0.25, 0.3) is 5.69 Å². The highest BCUT2D eigenvalue weighted by atomic mass is 32.2. The number of nitrogens with zero attached hydrogens (tertiary/aromatic N) is 4. The summed E-state index contributed by atoms with van der Waals surface area (Å²) in [5.41, 5.74) is 0.977. The largest absolute Gasteiger partial charge is 0.309 e. The molecule has 0 radical (unpaired) electrons. The zero-order valence-electron chi connectivity index (χ0n) is 10.7. The maximum absolute atomic E-state index is 4.04. The Hall–Kier alpha value is -1.66. The molecule has 0 fully saturated rings. The fourth-order valence-corrected chi connectivity index (χ4v) is 2.22. The molecule has 0 bridgehead atoms. The summed E-state index contributed by atoms with van der Waals surface area (Å²) in [4.78, 5) is 0. The molecule has 0 unspecified atom stereocenters. The second-order valence-corrected chi connectivity index (χ2v) is 5.03. The first kappa shape index (κ1) is 13.8. The minimum absolute atomic E-state index is 0.663. The standard InChI is InChI=1S/C13H17N5S/c1-2-9-19-10-8-14-11-13-15-16-17-18(13)12-6-4-3-5-7-12/h2-7,14H,1,8-11H2. The van der Waals surface area contributed by atoms with E-state index in [1.54, 1.807) is 4.68 Å². The Labute approximate surface area is 117 Å². The van der Waals surface area contributed by atoms with Gasteiger partial charge < -0.3 is 5.32 Å². The van der Waals surface area contributed by atoms with Crippen molar-refractivity contribution in [2.24, 2.45) is 0 Å². The van der Waals surface area contributed by atoms with Crippen molar-refractivity contribution in [3.05, 3.63) is 48.8 Å². The number of hydrogen-bond acceptors (Lipinski definition) is 5. The van der Waals surface area contributed by atoms with Crippen LogP contribution in [0.4, 0.5) is 0 Å². The highest BCUT2D eigenvalue weighted by Gasteiger charge is 2.06. The molecule has 0 amide bonds. The Morgan fingerprint density at radius 3 is 2.95 bits per heavy atom. The molecule has 0 saturated heterocycles. The maximum Gasteiger partial charge on any atom is 0.170 e. The van der Waals surface area contributed by atoms with Crippen LogP contribution < -0.4 is 5.32 Å². The summed E-state index contributed by atoms with van der Waals surface area (Å²) in [7, 11) is 0. The van der Waals surface area contributed by atoms with Gasteiger partial charge in [-0.3, -0.25) is 0 Å². The van der Waals surface area contributed by atoms with Crippen LogP contribution in [0.3, 0.4) is 0 Å². The topological polar surface area (TPSA) is 55.6 Å². The first-order valence-corrected chi connectivity index (χ1v) is 7.29. The van der Waals surface area contributed by atoms with Gasteiger partial charge in [-0.05, 0) is 22.6 Å². The van der Waals surface area contributed by atoms with Crippen molar-refractivity contribution in [1.29, 1.82) is 0 Å². The molecule has 1 aromatic carbocycles. The molecule has 5 nitrogen and oxygen atoms in total. The molecular formula is C13H17N5S. The fourth-order valence-electron chi connectivity index (χ4n) is 1.60. The third-order valence-corrected chi connectivity index (χ3v) is 3.44. The summed E-state index contributed by atoms with van der Waals surface area (Å²) < 4.78 is 1.75. The predicted octanol–water partition coefficient (Wildman–Crippen LogP) is 1.67. The molecular weight excluding hydrogens is 258 g/mol. The first-order valence-electron chi connectivity index (χ1n) is 6.14. The zero-order valence-corrected chi connectivity index (χ0v) is 11.5. The van der Waals surface area contributed by atoms with Gasteiger partial charge in [0, 0.05) is 18.1 Å². The zero-order chi connectivity index (χ0) is 13.3. The number of thioether (sulfide) groups is 1. The molecule has 1 N–H and O–H groups in total. The lowest BCUT2D eigenvalue weighted by atomic mass is 10.3. The summed E-state index contributed by atoms with van der Waals surface area (Å²) in [6.07, 6.45) is 1.92. The number of rotatable bonds is 8. The van der Waals surface area contributed by atoms with Gasteiger partial charge in [0.15, 0.2) is 5.82 Å². The Morgan fingerprint density at radius 1 is 1.32 bits per heavy atom. The van der Waals surface area contributed by atoms with Gasteiger partial charge >= 0.3 is 0 Å². The van der Waals surface area contributed by atoms with E-state index in [2.05, 4.69) is 27.4 Å². The SMILES string of the molecule is C=CCSCCNCc1nnnn1-c1ccccc1. The Morgan fingerprint density at radius 2 is 2.16 bits per heavy atom. The summed E-state index contributed by atoms with van der Waals surface area (Å²) >= 11 is 1.85. The molecule has 0 aliphatic heterocycles. The molecule has 0 saturated carbocycles. The maximum atomic E-state index is 4.04. The van der Waals surface area contributed by atoms with Crippen molar-refractivity contribution in [1.82, 2.24) is 25.5 Å². The fraction of sp³-hybridized carbons (Fsp3) is 0.308. The van der Waals surface area contributed by atoms with Gasteiger partial charge in [-0.2, -0.15) is 16.4 Å². The molecule has 1 aromatic heterocycles. The second kappa shape index (κ2) is 7.70. The summed E-state index contributed by atoms with van der Waals surface area (Å²) in [6, 6.07) is 9.89. The van der Waals surface area contributed by atoms with Crippen molar-refractivity contribution < 1.29 is 0 Å². The van der Waals surface area contributed by atoms with Crippen LogP contribution in [0.2, 0.25) is 0 Å². The van der Waals surface area contributed by atoms with E-state index >= 15 is 0 Å². The van der Waals surface area contributed by atoms with Crippen molar-refractivity contribution in [2.75, 3.05) is 18.1 Å². The van der Waals surface area contributed by atoms with Gasteiger partial charge in [-0.1, -0.05) is 24.3 Å². The van der Waals surface area contributed by atoms with Crippen LogP contribution in [0.5, 0.6) is 0 Å². The van der Waals surface area contributed by atoms with E-state index in [-0.39, 0.29) is 0 Å². The number of tetrazole rings is 1. The van der Waals surface area contributed by atoms with Gasteiger partial charge in [-0.25, -0.2) is 0 Å². The van der Waals surface area contributed by atoms with E-state index in [1.807, 2.05) is 48.2 Å². The van der Waals surface area contributed by atoms with Gasteiger partial charge in [0.05, 0.1) is 12.2 Å². The monoisotopic (exact) mass is 275 g/mol. The number of benzene rings is 1. The van der Waals surface area contributed by atoms with E-state index in [0.717, 1.165) is 29.6 Å². The minimum atomic E-state index is 0.663. The normalized spacial score (nSPS) is 10.5. The Kier molecular flexibility index (Phi) is 5.58. The van der Waals surface area contributed by atoms with Crippen LogP contribution in [-0.4, -0.2) is 38.3 Å². The average Bonchev–Trinajstić information content (AvgIpc) is 2.92. The third kappa shape index (κ3) is 4.18. The quantitative estimate of drug-likeness (QED) is 0.586. The molecule has 19 heavy (non-hydrogen) atoms. The van der Waals surface area contributed by atoms with Crippen LogP contribution in [0, 0.1) is 0 Å². The van der Waals surface area contributed by atoms with E-state index < -0.39 is 0 Å². The summed E-state index contributed by atoms with van der Waals surface area (Å²) in [5, 5.41) is 15.1. The van der Waals surface area contributed by atoms with Crippen LogP contribution in [-0.2, 0) is 6.54 Å². The molecule has 0 atom stereocenters. The molecule has 100 valence electrons. The summed E-state index contributed by atoms with van der Waals surface area (Å²) in [5.74, 6) is 2.86. The smallest absolute Gasteiger partial charge is 0.170 e. The van der Waals surface area contributed by atoms with Gasteiger partial charge in [0.1, 0.15) is 0 Å². The lowest BCUT2D eigenvalue weighted by molar-refractivity contribution is 0.667. The molecule has 0 aliphatic rings. The first-order chi connectivity index (χ1) is 9.42. The van der Waals surface area contributed by atoms with Crippen molar-refractivity contribution in [2.45, 2.75) is 6.54 Å². The number of aromatic nitrogens is 4. The number of hydrogen-bond donors (Lipinski definition) is 1. The van der Waals surface area contributed by atoms with Gasteiger partial charge in [-0.15, -0.1) is 11.7 Å². The van der Waals surface area contributed by atoms with Crippen molar-refractivity contribution in [3.63, 3.8) is 0 Å². The summed E-state index contributed by atoms with van der Waals surface area (Å²) in [6.45, 7) is 5.29. The molecule has 2 rings (SSSR count). The molecule has 0 spiro atoms. The van der Waals surface area contributed by atoms with Gasteiger partial charge in [0.25, 0.3) is 0 Å². The van der Waals surface area contributed by atoms with E-state index in [1.165, 1.54) is 0 Å². The van der Waals surface area contributed by atoms with E-state index in [4.69, 9.17) is 0 Å². The highest BCUT2D eigenvalue weighted by molar-refractivity contribution is 7.99. The predicted molar refractivity (Wildman–Crippen MR) is 78.4 cm³/mol. The molecule has 6 heteroatoms. The number of para-hydroxylation sites is 1. The minimum Gasteiger partial charge on any atom is -0.309 e. The van der Waals surface area contributed by atoms with Crippen LogP contribution in [0.1, 0.15) is 5.82 Å². The van der Waals surface area contributed by atoms with Crippen molar-refractivity contribution in [3.8, 4) is 5.69 Å². The lowest BCUT2D eigenvalue weighted by Crippen LogP contribution is -2.19. The lowest BCUT2D eigenvalue weighted by Gasteiger charge is -2.05. The van der Waals surface area contributed by atoms with E-state index in [9.17, 15) is 0 Å². The number of nitrogens with one attached hydrogen (secondary N) is 1. The van der Waals surface area contributed by atoms with Crippen LogP contribution in [0.15, 0.2) is 43.0 Å². The second-order valence-electron chi connectivity index (χ2n) is 3.88.